The van der Waals surface area contributed by atoms with E-state index in [1.807, 2.05) is 0 Å². The Bertz CT molecular complexity index is 563. The highest BCUT2D eigenvalue weighted by atomic mass is 15.1. The predicted octanol–water partition coefficient (Wildman–Crippen LogP) is 3.56. The second-order valence-electron chi connectivity index (χ2n) is 4.77. The molecule has 1 heterocycles. The maximum atomic E-state index is 2.37. The molecule has 0 saturated heterocycles. The fourth-order valence-corrected chi connectivity index (χ4v) is 2.52. The summed E-state index contributed by atoms with van der Waals surface area (Å²) in [5, 5.41) is 2.72. The first kappa shape index (κ1) is 10.5. The molecule has 1 aliphatic rings. The molecule has 0 amide bonds. The summed E-state index contributed by atoms with van der Waals surface area (Å²) in [6, 6.07) is 15.2. The van der Waals surface area contributed by atoms with Crippen molar-refractivity contribution in [2.75, 3.05) is 20.1 Å². The van der Waals surface area contributed by atoms with Gasteiger partial charge in [-0.05, 0) is 35.4 Å². The zero-order valence-corrected chi connectivity index (χ0v) is 10.2. The van der Waals surface area contributed by atoms with E-state index in [0.717, 1.165) is 19.5 Å². The number of fused-ring (bicyclic) bond motifs is 1. The number of rotatable bonds is 1. The summed E-state index contributed by atoms with van der Waals surface area (Å²) in [6.07, 6.45) is 3.52. The number of hydrogen-bond donors (Lipinski definition) is 0. The van der Waals surface area contributed by atoms with Crippen LogP contribution in [0.4, 0.5) is 0 Å². The molecule has 1 aliphatic heterocycles. The lowest BCUT2D eigenvalue weighted by Gasteiger charge is -2.22. The van der Waals surface area contributed by atoms with Crippen molar-refractivity contribution in [3.05, 3.63) is 54.1 Å². The molecule has 1 heteroatoms. The van der Waals surface area contributed by atoms with Crippen molar-refractivity contribution in [1.29, 1.82) is 0 Å². The average Bonchev–Trinajstić information content (AvgIpc) is 2.39. The van der Waals surface area contributed by atoms with Crippen LogP contribution in [0, 0.1) is 0 Å². The van der Waals surface area contributed by atoms with Crippen LogP contribution in [0.15, 0.2) is 48.5 Å². The van der Waals surface area contributed by atoms with Gasteiger partial charge in [-0.25, -0.2) is 0 Å². The Morgan fingerprint density at radius 2 is 1.82 bits per heavy atom. The normalized spacial score (nSPS) is 17.1. The lowest BCUT2D eigenvalue weighted by Crippen LogP contribution is -2.23. The third-order valence-corrected chi connectivity index (χ3v) is 3.55. The van der Waals surface area contributed by atoms with Crippen LogP contribution in [0.3, 0.4) is 0 Å². The molecule has 0 unspecified atom stereocenters. The molecule has 0 saturated carbocycles. The van der Waals surface area contributed by atoms with Crippen LogP contribution in [0.5, 0.6) is 0 Å². The highest BCUT2D eigenvalue weighted by molar-refractivity contribution is 5.94. The molecule has 0 fully saturated rings. The second-order valence-corrected chi connectivity index (χ2v) is 4.77. The number of nitrogens with zero attached hydrogens (tertiary/aromatic N) is 1. The SMILES string of the molecule is CN1CC=C(c2cccc3ccccc23)CC1. The summed E-state index contributed by atoms with van der Waals surface area (Å²) in [7, 11) is 2.18. The minimum absolute atomic E-state index is 1.07. The van der Waals surface area contributed by atoms with Crippen LogP contribution >= 0.6 is 0 Å². The molecule has 2 aromatic carbocycles. The van der Waals surface area contributed by atoms with Gasteiger partial charge in [0.2, 0.25) is 0 Å². The Labute approximate surface area is 102 Å². The summed E-state index contributed by atoms with van der Waals surface area (Å²) in [6.45, 7) is 2.23. The van der Waals surface area contributed by atoms with Crippen LogP contribution in [-0.4, -0.2) is 25.0 Å². The van der Waals surface area contributed by atoms with Crippen molar-refractivity contribution < 1.29 is 0 Å². The standard InChI is InChI=1S/C16H17N/c1-17-11-9-14(10-12-17)16-8-4-6-13-5-2-3-7-15(13)16/h2-9H,10-12H2,1H3. The average molecular weight is 223 g/mol. The fraction of sp³-hybridized carbons (Fsp3) is 0.250. The Morgan fingerprint density at radius 1 is 1.00 bits per heavy atom. The molecule has 17 heavy (non-hydrogen) atoms. The number of hydrogen-bond acceptors (Lipinski definition) is 1. The van der Waals surface area contributed by atoms with E-state index in [9.17, 15) is 0 Å². The van der Waals surface area contributed by atoms with Crippen LogP contribution in [0.1, 0.15) is 12.0 Å². The van der Waals surface area contributed by atoms with E-state index < -0.39 is 0 Å². The van der Waals surface area contributed by atoms with Gasteiger partial charge in [0.25, 0.3) is 0 Å². The lowest BCUT2D eigenvalue weighted by atomic mass is 9.94. The summed E-state index contributed by atoms with van der Waals surface area (Å²) in [5.41, 5.74) is 2.91. The first-order valence-corrected chi connectivity index (χ1v) is 6.20. The van der Waals surface area contributed by atoms with E-state index >= 15 is 0 Å². The smallest absolute Gasteiger partial charge is 0.0166 e. The predicted molar refractivity (Wildman–Crippen MR) is 74.0 cm³/mol. The summed E-state index contributed by atoms with van der Waals surface area (Å²) in [4.78, 5) is 2.36. The van der Waals surface area contributed by atoms with E-state index in [2.05, 4.69) is 60.5 Å². The zero-order chi connectivity index (χ0) is 11.7. The second kappa shape index (κ2) is 4.34. The molecule has 2 aromatic rings. The quantitative estimate of drug-likeness (QED) is 0.714. The van der Waals surface area contributed by atoms with Crippen molar-refractivity contribution in [3.63, 3.8) is 0 Å². The molecule has 0 aliphatic carbocycles. The Kier molecular flexibility index (Phi) is 2.69. The number of benzene rings is 2. The van der Waals surface area contributed by atoms with Gasteiger partial charge in [0.1, 0.15) is 0 Å². The molecular weight excluding hydrogens is 206 g/mol. The van der Waals surface area contributed by atoms with Gasteiger partial charge < -0.3 is 4.90 Å². The summed E-state index contributed by atoms with van der Waals surface area (Å²) in [5.74, 6) is 0. The monoisotopic (exact) mass is 223 g/mol. The highest BCUT2D eigenvalue weighted by Crippen LogP contribution is 2.28. The van der Waals surface area contributed by atoms with Crippen molar-refractivity contribution in [2.24, 2.45) is 0 Å². The van der Waals surface area contributed by atoms with Crippen molar-refractivity contribution in [2.45, 2.75) is 6.42 Å². The third kappa shape index (κ3) is 1.98. The van der Waals surface area contributed by atoms with Crippen LogP contribution in [0.2, 0.25) is 0 Å². The molecule has 0 spiro atoms. The molecule has 0 atom stereocenters. The summed E-state index contributed by atoms with van der Waals surface area (Å²) < 4.78 is 0. The molecule has 86 valence electrons. The largest absolute Gasteiger partial charge is 0.302 e. The topological polar surface area (TPSA) is 3.24 Å². The molecular formula is C16H17N. The fourth-order valence-electron chi connectivity index (χ4n) is 2.52. The van der Waals surface area contributed by atoms with Gasteiger partial charge in [-0.15, -0.1) is 0 Å². The van der Waals surface area contributed by atoms with Crippen molar-refractivity contribution in [1.82, 2.24) is 4.90 Å². The van der Waals surface area contributed by atoms with Crippen molar-refractivity contribution in [3.8, 4) is 0 Å². The molecule has 0 radical (unpaired) electrons. The van der Waals surface area contributed by atoms with E-state index in [-0.39, 0.29) is 0 Å². The van der Waals surface area contributed by atoms with Gasteiger partial charge >= 0.3 is 0 Å². The van der Waals surface area contributed by atoms with Crippen LogP contribution < -0.4 is 0 Å². The van der Waals surface area contributed by atoms with Crippen molar-refractivity contribution >= 4 is 16.3 Å². The first-order valence-electron chi connectivity index (χ1n) is 6.20. The lowest BCUT2D eigenvalue weighted by molar-refractivity contribution is 0.370. The third-order valence-electron chi connectivity index (χ3n) is 3.55. The minimum atomic E-state index is 1.07. The van der Waals surface area contributed by atoms with Crippen LogP contribution in [-0.2, 0) is 0 Å². The summed E-state index contributed by atoms with van der Waals surface area (Å²) >= 11 is 0. The maximum Gasteiger partial charge on any atom is 0.0166 e. The van der Waals surface area contributed by atoms with E-state index in [1.165, 1.54) is 21.9 Å². The minimum Gasteiger partial charge on any atom is -0.302 e. The van der Waals surface area contributed by atoms with E-state index in [1.54, 1.807) is 0 Å². The molecule has 0 bridgehead atoms. The van der Waals surface area contributed by atoms with Gasteiger partial charge in [-0.1, -0.05) is 48.5 Å². The van der Waals surface area contributed by atoms with E-state index in [4.69, 9.17) is 0 Å². The number of likely N-dealkylation sites (N-methyl/N-ethyl adjacent to an activating group) is 1. The zero-order valence-electron chi connectivity index (χ0n) is 10.2. The van der Waals surface area contributed by atoms with Gasteiger partial charge in [0, 0.05) is 13.1 Å². The first-order chi connectivity index (χ1) is 8.34. The van der Waals surface area contributed by atoms with Crippen LogP contribution in [0.25, 0.3) is 16.3 Å². The van der Waals surface area contributed by atoms with Gasteiger partial charge in [-0.3, -0.25) is 0 Å². The van der Waals surface area contributed by atoms with Gasteiger partial charge in [0.15, 0.2) is 0 Å². The maximum absolute atomic E-state index is 2.37. The molecule has 0 N–H and O–H groups in total. The van der Waals surface area contributed by atoms with E-state index in [0.29, 0.717) is 0 Å². The van der Waals surface area contributed by atoms with Gasteiger partial charge in [-0.2, -0.15) is 0 Å². The Balaban J connectivity index is 2.11. The molecule has 0 aromatic heterocycles. The highest BCUT2D eigenvalue weighted by Gasteiger charge is 2.11. The van der Waals surface area contributed by atoms with Gasteiger partial charge in [0.05, 0.1) is 0 Å². The Hall–Kier alpha value is -1.60. The Morgan fingerprint density at radius 3 is 2.65 bits per heavy atom. The molecule has 3 rings (SSSR count). The molecule has 1 nitrogen and oxygen atoms in total.